The number of amides is 2. The molecule has 2 aliphatic rings. The number of halogens is 3. The van der Waals surface area contributed by atoms with Gasteiger partial charge in [0.2, 0.25) is 11.8 Å². The molecule has 4 rings (SSSR count). The molecule has 1 fully saturated rings. The van der Waals surface area contributed by atoms with Crippen molar-refractivity contribution in [1.29, 1.82) is 0 Å². The van der Waals surface area contributed by atoms with Gasteiger partial charge in [-0.15, -0.1) is 0 Å². The van der Waals surface area contributed by atoms with Gasteiger partial charge in [0.25, 0.3) is 0 Å². The van der Waals surface area contributed by atoms with Gasteiger partial charge in [-0.1, -0.05) is 13.8 Å². The number of nitrogens with one attached hydrogen (secondary N) is 2. The van der Waals surface area contributed by atoms with E-state index in [1.807, 2.05) is 32.7 Å². The molecule has 1 aromatic carbocycles. The molecule has 34 heavy (non-hydrogen) atoms. The second kappa shape index (κ2) is 9.23. The molecule has 2 amide bonds. The monoisotopic (exact) mass is 475 g/mol. The molecular weight excluding hydrogens is 447 g/mol. The number of benzene rings is 1. The Kier molecular flexibility index (Phi) is 6.51. The van der Waals surface area contributed by atoms with Crippen LogP contribution in [0.3, 0.4) is 0 Å². The standard InChI is InChI=1S/C24H28F3N5O2/c1-11(2)22-24(34)31-21-12(3)28-18(30-23(21)32(22)4)9-13-5-15(6-13)29-19(33)10-14-7-16(25)20(27)17(26)8-14/h7-8,11,13,15,22H,5-6,9-10H2,1-4H3,(H,29,33)(H,31,34)/t13?,15?,22-/m0/s1. The van der Waals surface area contributed by atoms with E-state index in [0.29, 0.717) is 29.4 Å². The fraction of sp³-hybridized carbons (Fsp3) is 0.500. The van der Waals surface area contributed by atoms with Crippen LogP contribution in [0.15, 0.2) is 12.1 Å². The molecule has 7 nitrogen and oxygen atoms in total. The lowest BCUT2D eigenvalue weighted by atomic mass is 9.78. The normalized spacial score (nSPS) is 21.7. The van der Waals surface area contributed by atoms with Crippen LogP contribution in [0.2, 0.25) is 0 Å². The quantitative estimate of drug-likeness (QED) is 0.626. The molecule has 1 aliphatic heterocycles. The Morgan fingerprint density at radius 1 is 1.21 bits per heavy atom. The van der Waals surface area contributed by atoms with E-state index in [0.717, 1.165) is 25.0 Å². The summed E-state index contributed by atoms with van der Waals surface area (Å²) in [6.07, 6.45) is 1.89. The van der Waals surface area contributed by atoms with Crippen molar-refractivity contribution in [3.63, 3.8) is 0 Å². The SMILES string of the molecule is Cc1nc(CC2CC(NC(=O)Cc3cc(F)c(F)c(F)c3)C2)nc2c1NC(=O)[C@H](C(C)C)N2C. The first-order valence-corrected chi connectivity index (χ1v) is 11.4. The molecule has 0 unspecified atom stereocenters. The van der Waals surface area contributed by atoms with Gasteiger partial charge in [-0.05, 0) is 49.3 Å². The molecule has 1 aromatic heterocycles. The zero-order valence-corrected chi connectivity index (χ0v) is 19.6. The Bertz CT molecular complexity index is 1110. The van der Waals surface area contributed by atoms with Crippen LogP contribution in [0.1, 0.15) is 43.8 Å². The van der Waals surface area contributed by atoms with E-state index in [9.17, 15) is 22.8 Å². The van der Waals surface area contributed by atoms with Crippen LogP contribution in [0.4, 0.5) is 24.7 Å². The summed E-state index contributed by atoms with van der Waals surface area (Å²) in [6, 6.07) is 1.32. The van der Waals surface area contributed by atoms with Crippen LogP contribution in [0, 0.1) is 36.2 Å². The fourth-order valence-electron chi connectivity index (χ4n) is 4.81. The van der Waals surface area contributed by atoms with Crippen molar-refractivity contribution in [2.24, 2.45) is 11.8 Å². The molecule has 1 saturated carbocycles. The molecule has 2 N–H and O–H groups in total. The Balaban J connectivity index is 1.34. The number of carbonyl (C=O) groups is 2. The van der Waals surface area contributed by atoms with E-state index < -0.39 is 17.5 Å². The van der Waals surface area contributed by atoms with Gasteiger partial charge in [0.05, 0.1) is 12.1 Å². The molecule has 0 bridgehead atoms. The van der Waals surface area contributed by atoms with Crippen molar-refractivity contribution in [2.75, 3.05) is 17.3 Å². The van der Waals surface area contributed by atoms with Crippen molar-refractivity contribution in [3.8, 4) is 0 Å². The summed E-state index contributed by atoms with van der Waals surface area (Å²) in [7, 11) is 1.87. The number of anilines is 2. The van der Waals surface area contributed by atoms with Crippen LogP contribution in [-0.4, -0.2) is 40.9 Å². The van der Waals surface area contributed by atoms with E-state index in [-0.39, 0.29) is 47.7 Å². The molecule has 1 aliphatic carbocycles. The number of nitrogens with zero attached hydrogens (tertiary/aromatic N) is 3. The lowest BCUT2D eigenvalue weighted by molar-refractivity contribution is -0.122. The van der Waals surface area contributed by atoms with Crippen molar-refractivity contribution in [3.05, 3.63) is 46.7 Å². The average molecular weight is 476 g/mol. The van der Waals surface area contributed by atoms with Crippen molar-refractivity contribution >= 4 is 23.3 Å². The van der Waals surface area contributed by atoms with Gasteiger partial charge in [0.15, 0.2) is 23.3 Å². The highest BCUT2D eigenvalue weighted by atomic mass is 19.2. The molecule has 0 spiro atoms. The number of aryl methyl sites for hydroxylation is 1. The van der Waals surface area contributed by atoms with E-state index >= 15 is 0 Å². The first-order valence-electron chi connectivity index (χ1n) is 11.4. The summed E-state index contributed by atoms with van der Waals surface area (Å²) in [5.74, 6) is -2.78. The van der Waals surface area contributed by atoms with Crippen LogP contribution >= 0.6 is 0 Å². The fourth-order valence-corrected chi connectivity index (χ4v) is 4.81. The van der Waals surface area contributed by atoms with Crippen LogP contribution in [0.25, 0.3) is 0 Å². The summed E-state index contributed by atoms with van der Waals surface area (Å²) in [6.45, 7) is 5.83. The van der Waals surface area contributed by atoms with Crippen molar-refractivity contribution in [2.45, 2.75) is 58.5 Å². The third-order valence-electron chi connectivity index (χ3n) is 6.50. The third kappa shape index (κ3) is 4.71. The smallest absolute Gasteiger partial charge is 0.247 e. The Morgan fingerprint density at radius 2 is 1.85 bits per heavy atom. The lowest BCUT2D eigenvalue weighted by Crippen LogP contribution is -2.50. The number of hydrogen-bond acceptors (Lipinski definition) is 5. The maximum absolute atomic E-state index is 13.3. The van der Waals surface area contributed by atoms with E-state index in [4.69, 9.17) is 4.98 Å². The van der Waals surface area contributed by atoms with Crippen molar-refractivity contribution in [1.82, 2.24) is 15.3 Å². The summed E-state index contributed by atoms with van der Waals surface area (Å²) in [4.78, 5) is 35.9. The molecule has 0 radical (unpaired) electrons. The predicted molar refractivity (Wildman–Crippen MR) is 121 cm³/mol. The Morgan fingerprint density at radius 3 is 2.47 bits per heavy atom. The number of aromatic nitrogens is 2. The molecule has 10 heteroatoms. The highest BCUT2D eigenvalue weighted by molar-refractivity contribution is 6.03. The first kappa shape index (κ1) is 24.0. The minimum atomic E-state index is -1.54. The predicted octanol–water partition coefficient (Wildman–Crippen LogP) is 3.30. The van der Waals surface area contributed by atoms with E-state index in [1.54, 1.807) is 0 Å². The number of carbonyl (C=O) groups excluding carboxylic acids is 2. The molecule has 182 valence electrons. The number of hydrogen-bond donors (Lipinski definition) is 2. The zero-order valence-electron chi connectivity index (χ0n) is 19.6. The summed E-state index contributed by atoms with van der Waals surface area (Å²) in [5, 5.41) is 5.79. The maximum Gasteiger partial charge on any atom is 0.247 e. The highest BCUT2D eigenvalue weighted by Crippen LogP contribution is 2.35. The molecule has 2 aromatic rings. The van der Waals surface area contributed by atoms with Gasteiger partial charge < -0.3 is 15.5 Å². The number of fused-ring (bicyclic) bond motifs is 1. The lowest BCUT2D eigenvalue weighted by Gasteiger charge is -2.38. The molecular formula is C24H28F3N5O2. The minimum absolute atomic E-state index is 0.0429. The van der Waals surface area contributed by atoms with Gasteiger partial charge >= 0.3 is 0 Å². The van der Waals surface area contributed by atoms with E-state index in [1.165, 1.54) is 0 Å². The second-order valence-electron chi connectivity index (χ2n) is 9.57. The summed E-state index contributed by atoms with van der Waals surface area (Å²) in [5.41, 5.74) is 1.43. The van der Waals surface area contributed by atoms with Gasteiger partial charge in [-0.3, -0.25) is 9.59 Å². The van der Waals surface area contributed by atoms with E-state index in [2.05, 4.69) is 15.6 Å². The molecule has 0 saturated heterocycles. The van der Waals surface area contributed by atoms with Gasteiger partial charge in [-0.2, -0.15) is 0 Å². The largest absolute Gasteiger partial charge is 0.353 e. The minimum Gasteiger partial charge on any atom is -0.353 e. The number of rotatable bonds is 6. The topological polar surface area (TPSA) is 87.2 Å². The van der Waals surface area contributed by atoms with Gasteiger partial charge in [0.1, 0.15) is 17.6 Å². The maximum atomic E-state index is 13.3. The Hall–Kier alpha value is -3.17. The molecule has 1 atom stereocenters. The average Bonchev–Trinajstić information content (AvgIpc) is 2.71. The van der Waals surface area contributed by atoms with Gasteiger partial charge in [0, 0.05) is 19.5 Å². The first-order chi connectivity index (χ1) is 16.0. The number of likely N-dealkylation sites (N-methyl/N-ethyl adjacent to an activating group) is 1. The Labute approximate surface area is 196 Å². The van der Waals surface area contributed by atoms with Crippen LogP contribution in [-0.2, 0) is 22.4 Å². The summed E-state index contributed by atoms with van der Waals surface area (Å²) >= 11 is 0. The van der Waals surface area contributed by atoms with Crippen LogP contribution < -0.4 is 15.5 Å². The third-order valence-corrected chi connectivity index (χ3v) is 6.50. The van der Waals surface area contributed by atoms with Crippen molar-refractivity contribution < 1.29 is 22.8 Å². The highest BCUT2D eigenvalue weighted by Gasteiger charge is 2.36. The van der Waals surface area contributed by atoms with Gasteiger partial charge in [-0.25, -0.2) is 23.1 Å². The van der Waals surface area contributed by atoms with Crippen LogP contribution in [0.5, 0.6) is 0 Å². The summed E-state index contributed by atoms with van der Waals surface area (Å²) < 4.78 is 39.8. The zero-order chi connectivity index (χ0) is 24.7. The molecule has 2 heterocycles. The second-order valence-corrected chi connectivity index (χ2v) is 9.57.